The Hall–Kier alpha value is -1.02. The molecule has 0 aromatic heterocycles. The lowest BCUT2D eigenvalue weighted by Gasteiger charge is -2.26. The average molecular weight is 179 g/mol. The van der Waals surface area contributed by atoms with Crippen molar-refractivity contribution in [1.82, 2.24) is 0 Å². The van der Waals surface area contributed by atoms with Gasteiger partial charge in [-0.3, -0.25) is 0 Å². The van der Waals surface area contributed by atoms with Gasteiger partial charge < -0.3 is 10.1 Å². The van der Waals surface area contributed by atoms with E-state index in [-0.39, 0.29) is 5.54 Å². The van der Waals surface area contributed by atoms with E-state index in [1.165, 1.54) is 0 Å². The van der Waals surface area contributed by atoms with E-state index in [1.54, 1.807) is 7.11 Å². The molecule has 0 unspecified atom stereocenters. The van der Waals surface area contributed by atoms with Gasteiger partial charge in [0.15, 0.2) is 0 Å². The Morgan fingerprint density at radius 1 is 1.23 bits per heavy atom. The molecule has 0 aliphatic carbocycles. The fourth-order valence-corrected chi connectivity index (χ4v) is 1.31. The molecule has 1 aromatic rings. The molecule has 72 valence electrons. The van der Waals surface area contributed by atoms with Crippen LogP contribution in [-0.2, 0) is 4.74 Å². The summed E-state index contributed by atoms with van der Waals surface area (Å²) in [6.07, 6.45) is 0. The highest BCUT2D eigenvalue weighted by Crippen LogP contribution is 2.14. The van der Waals surface area contributed by atoms with Gasteiger partial charge in [0.25, 0.3) is 0 Å². The predicted octanol–water partition coefficient (Wildman–Crippen LogP) is 2.52. The molecular formula is C11H17NO. The zero-order valence-electron chi connectivity index (χ0n) is 8.50. The molecule has 0 amide bonds. The third-order valence-corrected chi connectivity index (χ3v) is 1.76. The Morgan fingerprint density at radius 3 is 2.38 bits per heavy atom. The molecule has 0 radical (unpaired) electrons. The molecular weight excluding hydrogens is 162 g/mol. The maximum absolute atomic E-state index is 5.12. The van der Waals surface area contributed by atoms with E-state index in [1.807, 2.05) is 18.2 Å². The second-order valence-electron chi connectivity index (χ2n) is 3.81. The van der Waals surface area contributed by atoms with Crippen molar-refractivity contribution in [3.63, 3.8) is 0 Å². The first-order chi connectivity index (χ1) is 6.14. The summed E-state index contributed by atoms with van der Waals surface area (Å²) < 4.78 is 5.12. The molecule has 1 aromatic carbocycles. The van der Waals surface area contributed by atoms with Crippen LogP contribution in [0.4, 0.5) is 5.69 Å². The first-order valence-corrected chi connectivity index (χ1v) is 4.46. The summed E-state index contributed by atoms with van der Waals surface area (Å²) in [5, 5.41) is 3.39. The maximum atomic E-state index is 5.12. The number of para-hydroxylation sites is 1. The summed E-state index contributed by atoms with van der Waals surface area (Å²) in [5.74, 6) is 0. The molecule has 13 heavy (non-hydrogen) atoms. The van der Waals surface area contributed by atoms with Crippen molar-refractivity contribution in [3.05, 3.63) is 30.3 Å². The van der Waals surface area contributed by atoms with E-state index >= 15 is 0 Å². The van der Waals surface area contributed by atoms with Gasteiger partial charge >= 0.3 is 0 Å². The summed E-state index contributed by atoms with van der Waals surface area (Å²) in [6.45, 7) is 4.93. The molecule has 1 N–H and O–H groups in total. The number of benzene rings is 1. The second-order valence-corrected chi connectivity index (χ2v) is 3.81. The van der Waals surface area contributed by atoms with Gasteiger partial charge in [0.05, 0.1) is 12.1 Å². The Balaban J connectivity index is 2.58. The molecule has 0 aliphatic heterocycles. The van der Waals surface area contributed by atoms with Crippen molar-refractivity contribution < 1.29 is 4.74 Å². The van der Waals surface area contributed by atoms with Crippen molar-refractivity contribution in [3.8, 4) is 0 Å². The predicted molar refractivity (Wildman–Crippen MR) is 56.0 cm³/mol. The molecule has 0 saturated carbocycles. The van der Waals surface area contributed by atoms with Gasteiger partial charge in [-0.1, -0.05) is 18.2 Å². The van der Waals surface area contributed by atoms with E-state index in [0.29, 0.717) is 6.61 Å². The monoisotopic (exact) mass is 179 g/mol. The number of nitrogens with one attached hydrogen (secondary N) is 1. The van der Waals surface area contributed by atoms with Gasteiger partial charge in [-0.05, 0) is 26.0 Å². The molecule has 0 aliphatic rings. The number of hydrogen-bond donors (Lipinski definition) is 1. The summed E-state index contributed by atoms with van der Waals surface area (Å²) in [7, 11) is 1.72. The fourth-order valence-electron chi connectivity index (χ4n) is 1.31. The highest BCUT2D eigenvalue weighted by Gasteiger charge is 2.16. The van der Waals surface area contributed by atoms with Crippen LogP contribution in [0.15, 0.2) is 30.3 Å². The molecule has 0 saturated heterocycles. The molecule has 0 bridgehead atoms. The molecule has 0 fully saturated rings. The lowest BCUT2D eigenvalue weighted by atomic mass is 10.1. The van der Waals surface area contributed by atoms with Gasteiger partial charge in [0, 0.05) is 12.8 Å². The summed E-state index contributed by atoms with van der Waals surface area (Å²) in [6, 6.07) is 10.2. The molecule has 0 spiro atoms. The third kappa shape index (κ3) is 3.47. The van der Waals surface area contributed by atoms with E-state index in [2.05, 4.69) is 31.3 Å². The van der Waals surface area contributed by atoms with Gasteiger partial charge in [0.2, 0.25) is 0 Å². The van der Waals surface area contributed by atoms with Crippen LogP contribution in [0.1, 0.15) is 13.8 Å². The zero-order valence-corrected chi connectivity index (χ0v) is 8.50. The van der Waals surface area contributed by atoms with Crippen LogP contribution in [0, 0.1) is 0 Å². The minimum atomic E-state index is -0.0178. The smallest absolute Gasteiger partial charge is 0.0687 e. The van der Waals surface area contributed by atoms with Crippen LogP contribution < -0.4 is 5.32 Å². The normalized spacial score (nSPS) is 11.3. The summed E-state index contributed by atoms with van der Waals surface area (Å²) >= 11 is 0. The molecule has 2 heteroatoms. The summed E-state index contributed by atoms with van der Waals surface area (Å²) in [4.78, 5) is 0. The van der Waals surface area contributed by atoms with Gasteiger partial charge in [-0.25, -0.2) is 0 Å². The van der Waals surface area contributed by atoms with E-state index in [0.717, 1.165) is 5.69 Å². The maximum Gasteiger partial charge on any atom is 0.0687 e. The number of methoxy groups -OCH3 is 1. The number of anilines is 1. The van der Waals surface area contributed by atoms with Crippen molar-refractivity contribution in [2.24, 2.45) is 0 Å². The fraction of sp³-hybridized carbons (Fsp3) is 0.455. The largest absolute Gasteiger partial charge is 0.382 e. The van der Waals surface area contributed by atoms with Gasteiger partial charge in [-0.2, -0.15) is 0 Å². The lowest BCUT2D eigenvalue weighted by Crippen LogP contribution is -2.35. The van der Waals surface area contributed by atoms with Crippen LogP contribution in [0.2, 0.25) is 0 Å². The lowest BCUT2D eigenvalue weighted by molar-refractivity contribution is 0.158. The minimum absolute atomic E-state index is 0.0178. The van der Waals surface area contributed by atoms with E-state index in [9.17, 15) is 0 Å². The topological polar surface area (TPSA) is 21.3 Å². The van der Waals surface area contributed by atoms with Gasteiger partial charge in [0.1, 0.15) is 0 Å². The second kappa shape index (κ2) is 4.28. The van der Waals surface area contributed by atoms with Crippen molar-refractivity contribution in [2.45, 2.75) is 19.4 Å². The van der Waals surface area contributed by atoms with E-state index < -0.39 is 0 Å². The Labute approximate surface area is 79.9 Å². The quantitative estimate of drug-likeness (QED) is 0.766. The standard InChI is InChI=1S/C11H17NO/c1-11(2,9-13-3)12-10-7-5-4-6-8-10/h4-8,12H,9H2,1-3H3. The van der Waals surface area contributed by atoms with Crippen LogP contribution >= 0.6 is 0 Å². The van der Waals surface area contributed by atoms with Crippen LogP contribution in [0.5, 0.6) is 0 Å². The van der Waals surface area contributed by atoms with Crippen molar-refractivity contribution in [1.29, 1.82) is 0 Å². The number of hydrogen-bond acceptors (Lipinski definition) is 2. The third-order valence-electron chi connectivity index (χ3n) is 1.76. The van der Waals surface area contributed by atoms with Crippen LogP contribution in [-0.4, -0.2) is 19.3 Å². The Bertz CT molecular complexity index is 244. The van der Waals surface area contributed by atoms with E-state index in [4.69, 9.17) is 4.74 Å². The SMILES string of the molecule is COCC(C)(C)Nc1ccccc1. The summed E-state index contributed by atoms with van der Waals surface area (Å²) in [5.41, 5.74) is 1.11. The molecule has 2 nitrogen and oxygen atoms in total. The first-order valence-electron chi connectivity index (χ1n) is 4.46. The van der Waals surface area contributed by atoms with Crippen LogP contribution in [0.3, 0.4) is 0 Å². The Kier molecular flexibility index (Phi) is 3.32. The van der Waals surface area contributed by atoms with Crippen molar-refractivity contribution >= 4 is 5.69 Å². The van der Waals surface area contributed by atoms with Crippen LogP contribution in [0.25, 0.3) is 0 Å². The molecule has 1 rings (SSSR count). The first kappa shape index (κ1) is 10.1. The number of ether oxygens (including phenoxy) is 1. The number of rotatable bonds is 4. The highest BCUT2D eigenvalue weighted by atomic mass is 16.5. The molecule has 0 atom stereocenters. The molecule has 0 heterocycles. The Morgan fingerprint density at radius 2 is 1.85 bits per heavy atom. The zero-order chi connectivity index (χ0) is 9.73. The minimum Gasteiger partial charge on any atom is -0.382 e. The van der Waals surface area contributed by atoms with Gasteiger partial charge in [-0.15, -0.1) is 0 Å². The average Bonchev–Trinajstić information content (AvgIpc) is 2.04. The highest BCUT2D eigenvalue weighted by molar-refractivity contribution is 5.44. The van der Waals surface area contributed by atoms with Crippen molar-refractivity contribution in [2.75, 3.05) is 19.0 Å².